The number of pyridine rings is 1. The number of fused-ring (bicyclic) bond motifs is 6. The van der Waals surface area contributed by atoms with Gasteiger partial charge in [0.2, 0.25) is 0 Å². The SMILES string of the molecule is CC(C)(C)c1ccnc(-c2cc(Oc3ccc4c(c3)[nH]c3ccccc34)cc3c2oc2ccccc23)c1. The standard InChI is InChI=1S/C33H26N2O2/c1-33(2,3)20-14-15-34-29(16-20)27-18-22(17-26-25-9-5-7-11-31(25)37-32(26)27)36-21-12-13-24-23-8-4-6-10-28(23)35-30(24)19-21/h4-19,35H,1-3H3. The zero-order valence-electron chi connectivity index (χ0n) is 21.0. The largest absolute Gasteiger partial charge is 0.457 e. The predicted molar refractivity (Wildman–Crippen MR) is 152 cm³/mol. The smallest absolute Gasteiger partial charge is 0.145 e. The van der Waals surface area contributed by atoms with E-state index in [1.54, 1.807) is 0 Å². The molecule has 4 nitrogen and oxygen atoms in total. The highest BCUT2D eigenvalue weighted by atomic mass is 16.5. The van der Waals surface area contributed by atoms with Crippen LogP contribution in [0.15, 0.2) is 102 Å². The first-order chi connectivity index (χ1) is 17.9. The fraction of sp³-hybridized carbons (Fsp3) is 0.121. The first kappa shape index (κ1) is 21.7. The Hall–Kier alpha value is -4.57. The summed E-state index contributed by atoms with van der Waals surface area (Å²) in [6, 6.07) is 31.0. The molecule has 180 valence electrons. The molecule has 0 radical (unpaired) electrons. The summed E-state index contributed by atoms with van der Waals surface area (Å²) in [5.41, 5.74) is 6.85. The number of H-pyrrole nitrogens is 1. The Morgan fingerprint density at radius 2 is 1.49 bits per heavy atom. The van der Waals surface area contributed by atoms with Crippen LogP contribution in [-0.4, -0.2) is 9.97 Å². The summed E-state index contributed by atoms with van der Waals surface area (Å²) in [5, 5.41) is 4.46. The Bertz CT molecular complexity index is 1950. The molecular weight excluding hydrogens is 456 g/mol. The van der Waals surface area contributed by atoms with Crippen LogP contribution in [0.5, 0.6) is 11.5 Å². The molecule has 0 saturated carbocycles. The van der Waals surface area contributed by atoms with Gasteiger partial charge in [-0.05, 0) is 59.5 Å². The van der Waals surface area contributed by atoms with Crippen molar-refractivity contribution in [1.29, 1.82) is 0 Å². The van der Waals surface area contributed by atoms with Gasteiger partial charge in [-0.3, -0.25) is 4.98 Å². The number of aromatic amines is 1. The van der Waals surface area contributed by atoms with Crippen LogP contribution in [-0.2, 0) is 5.41 Å². The third-order valence-corrected chi connectivity index (χ3v) is 7.07. The highest BCUT2D eigenvalue weighted by Crippen LogP contribution is 2.40. The average Bonchev–Trinajstić information content (AvgIpc) is 3.46. The van der Waals surface area contributed by atoms with Crippen LogP contribution in [0.4, 0.5) is 0 Å². The number of ether oxygens (including phenoxy) is 1. The minimum Gasteiger partial charge on any atom is -0.457 e. The van der Waals surface area contributed by atoms with Gasteiger partial charge in [0.05, 0.1) is 11.2 Å². The summed E-state index contributed by atoms with van der Waals surface area (Å²) in [6.45, 7) is 6.63. The number of aromatic nitrogens is 2. The molecule has 3 aromatic heterocycles. The third-order valence-electron chi connectivity index (χ3n) is 7.07. The van der Waals surface area contributed by atoms with Crippen LogP contribution in [0.25, 0.3) is 55.0 Å². The normalized spacial score (nSPS) is 12.2. The quantitative estimate of drug-likeness (QED) is 0.273. The van der Waals surface area contributed by atoms with Gasteiger partial charge in [0.15, 0.2) is 0 Å². The fourth-order valence-corrected chi connectivity index (χ4v) is 5.13. The van der Waals surface area contributed by atoms with Crippen LogP contribution in [0.2, 0.25) is 0 Å². The van der Waals surface area contributed by atoms with Crippen LogP contribution < -0.4 is 4.74 Å². The monoisotopic (exact) mass is 482 g/mol. The lowest BCUT2D eigenvalue weighted by Gasteiger charge is -2.19. The van der Waals surface area contributed by atoms with Crippen LogP contribution >= 0.6 is 0 Å². The molecule has 0 aliphatic carbocycles. The number of rotatable bonds is 3. The van der Waals surface area contributed by atoms with Gasteiger partial charge < -0.3 is 14.1 Å². The highest BCUT2D eigenvalue weighted by molar-refractivity contribution is 6.10. The van der Waals surface area contributed by atoms with Gasteiger partial charge in [0, 0.05) is 44.9 Å². The first-order valence-electron chi connectivity index (χ1n) is 12.5. The minimum absolute atomic E-state index is 0.00773. The van der Waals surface area contributed by atoms with E-state index in [1.807, 2.05) is 42.6 Å². The molecule has 4 aromatic carbocycles. The Kier molecular flexibility index (Phi) is 4.67. The molecule has 0 bridgehead atoms. The molecule has 1 N–H and O–H groups in total. The van der Waals surface area contributed by atoms with Crippen LogP contribution in [0.3, 0.4) is 0 Å². The molecule has 0 unspecified atom stereocenters. The average molecular weight is 483 g/mol. The van der Waals surface area contributed by atoms with E-state index in [-0.39, 0.29) is 5.41 Å². The molecule has 0 aliphatic rings. The van der Waals surface area contributed by atoms with Crippen molar-refractivity contribution in [2.75, 3.05) is 0 Å². The second kappa shape index (κ2) is 7.97. The number of hydrogen-bond donors (Lipinski definition) is 1. The zero-order chi connectivity index (χ0) is 25.1. The zero-order valence-corrected chi connectivity index (χ0v) is 21.0. The summed E-state index contributed by atoms with van der Waals surface area (Å²) in [4.78, 5) is 8.24. The second-order valence-electron chi connectivity index (χ2n) is 10.6. The first-order valence-corrected chi connectivity index (χ1v) is 12.5. The Balaban J connectivity index is 1.40. The van der Waals surface area contributed by atoms with E-state index in [0.717, 1.165) is 55.7 Å². The lowest BCUT2D eigenvalue weighted by molar-refractivity contribution is 0.484. The summed E-state index contributed by atoms with van der Waals surface area (Å²) in [7, 11) is 0. The lowest BCUT2D eigenvalue weighted by atomic mass is 9.87. The van der Waals surface area contributed by atoms with E-state index in [9.17, 15) is 0 Å². The summed E-state index contributed by atoms with van der Waals surface area (Å²) in [5.74, 6) is 1.51. The molecule has 0 saturated heterocycles. The molecule has 0 fully saturated rings. The van der Waals surface area contributed by atoms with E-state index in [2.05, 4.69) is 80.4 Å². The summed E-state index contributed by atoms with van der Waals surface area (Å²) in [6.07, 6.45) is 1.88. The van der Waals surface area contributed by atoms with Crippen molar-refractivity contribution < 1.29 is 9.15 Å². The van der Waals surface area contributed by atoms with Crippen molar-refractivity contribution >= 4 is 43.7 Å². The molecule has 3 heterocycles. The number of nitrogens with one attached hydrogen (secondary N) is 1. The topological polar surface area (TPSA) is 51.0 Å². The molecule has 7 rings (SSSR count). The van der Waals surface area contributed by atoms with E-state index < -0.39 is 0 Å². The Morgan fingerprint density at radius 1 is 0.703 bits per heavy atom. The lowest BCUT2D eigenvalue weighted by Crippen LogP contribution is -2.11. The molecular formula is C33H26N2O2. The Labute approximate surface area is 214 Å². The molecule has 0 aliphatic heterocycles. The van der Waals surface area contributed by atoms with E-state index >= 15 is 0 Å². The minimum atomic E-state index is 0.00773. The van der Waals surface area contributed by atoms with Crippen molar-refractivity contribution in [3.05, 3.63) is 103 Å². The predicted octanol–water partition coefficient (Wildman–Crippen LogP) is 9.37. The molecule has 0 amide bonds. The Morgan fingerprint density at radius 3 is 2.35 bits per heavy atom. The maximum atomic E-state index is 6.48. The van der Waals surface area contributed by atoms with Gasteiger partial charge in [0.25, 0.3) is 0 Å². The van der Waals surface area contributed by atoms with Gasteiger partial charge in [-0.25, -0.2) is 0 Å². The van der Waals surface area contributed by atoms with Crippen molar-refractivity contribution in [1.82, 2.24) is 9.97 Å². The van der Waals surface area contributed by atoms with Crippen LogP contribution in [0.1, 0.15) is 26.3 Å². The molecule has 4 heteroatoms. The van der Waals surface area contributed by atoms with Crippen molar-refractivity contribution in [3.63, 3.8) is 0 Å². The van der Waals surface area contributed by atoms with Gasteiger partial charge in [-0.15, -0.1) is 0 Å². The molecule has 0 atom stereocenters. The van der Waals surface area contributed by atoms with Gasteiger partial charge in [-0.1, -0.05) is 57.2 Å². The number of para-hydroxylation sites is 2. The van der Waals surface area contributed by atoms with Gasteiger partial charge in [-0.2, -0.15) is 0 Å². The van der Waals surface area contributed by atoms with Crippen molar-refractivity contribution in [2.45, 2.75) is 26.2 Å². The maximum absolute atomic E-state index is 6.48. The van der Waals surface area contributed by atoms with Crippen molar-refractivity contribution in [3.8, 4) is 22.8 Å². The fourth-order valence-electron chi connectivity index (χ4n) is 5.13. The third kappa shape index (κ3) is 3.64. The number of nitrogens with zero attached hydrogens (tertiary/aromatic N) is 1. The highest BCUT2D eigenvalue weighted by Gasteiger charge is 2.19. The van der Waals surface area contributed by atoms with E-state index in [4.69, 9.17) is 14.1 Å². The van der Waals surface area contributed by atoms with E-state index in [0.29, 0.717) is 0 Å². The molecule has 37 heavy (non-hydrogen) atoms. The van der Waals surface area contributed by atoms with Crippen LogP contribution in [0, 0.1) is 0 Å². The van der Waals surface area contributed by atoms with Crippen molar-refractivity contribution in [2.24, 2.45) is 0 Å². The summed E-state index contributed by atoms with van der Waals surface area (Å²) >= 11 is 0. The summed E-state index contributed by atoms with van der Waals surface area (Å²) < 4.78 is 12.8. The molecule has 0 spiro atoms. The van der Waals surface area contributed by atoms with E-state index in [1.165, 1.54) is 16.3 Å². The van der Waals surface area contributed by atoms with Gasteiger partial charge in [0.1, 0.15) is 22.7 Å². The molecule has 7 aromatic rings. The number of benzene rings is 4. The number of hydrogen-bond acceptors (Lipinski definition) is 3. The van der Waals surface area contributed by atoms with Gasteiger partial charge >= 0.3 is 0 Å². The maximum Gasteiger partial charge on any atom is 0.145 e. The number of furan rings is 1. The second-order valence-corrected chi connectivity index (χ2v) is 10.6.